The molecular weight excluding hydrogens is 356 g/mol. The van der Waals surface area contributed by atoms with Crippen LogP contribution in [-0.4, -0.2) is 19.4 Å². The van der Waals surface area contributed by atoms with Gasteiger partial charge in [-0.25, -0.2) is 4.99 Å². The van der Waals surface area contributed by atoms with Gasteiger partial charge in [-0.05, 0) is 54.2 Å². The average Bonchev–Trinajstić information content (AvgIpc) is 3.08. The number of anilines is 2. The molecule has 2 aliphatic heterocycles. The summed E-state index contributed by atoms with van der Waals surface area (Å²) < 4.78 is 0. The highest BCUT2D eigenvalue weighted by Crippen LogP contribution is 2.39. The van der Waals surface area contributed by atoms with Crippen LogP contribution in [0, 0.1) is 13.8 Å². The van der Waals surface area contributed by atoms with Gasteiger partial charge in [-0.15, -0.1) is 13.2 Å². The SMILES string of the molecule is C=C.Cc1cccc(N2CN(c3cc(C)ccc3C(C)(C)C)C3=C2N=CCN3)c1. The van der Waals surface area contributed by atoms with Crippen LogP contribution in [0.2, 0.25) is 0 Å². The fourth-order valence-electron chi connectivity index (χ4n) is 3.80. The smallest absolute Gasteiger partial charge is 0.175 e. The van der Waals surface area contributed by atoms with Crippen LogP contribution in [0.1, 0.15) is 37.5 Å². The summed E-state index contributed by atoms with van der Waals surface area (Å²) in [6.07, 6.45) is 1.95. The topological polar surface area (TPSA) is 30.9 Å². The third kappa shape index (κ3) is 4.07. The van der Waals surface area contributed by atoms with Crippen molar-refractivity contribution in [2.75, 3.05) is 23.0 Å². The Morgan fingerprint density at radius 2 is 1.69 bits per heavy atom. The second-order valence-electron chi connectivity index (χ2n) is 8.47. The molecule has 0 unspecified atom stereocenters. The van der Waals surface area contributed by atoms with Gasteiger partial charge >= 0.3 is 0 Å². The summed E-state index contributed by atoms with van der Waals surface area (Å²) in [5, 5.41) is 3.56. The van der Waals surface area contributed by atoms with Gasteiger partial charge in [0.2, 0.25) is 0 Å². The molecular formula is C25H32N4. The van der Waals surface area contributed by atoms with Gasteiger partial charge in [0.1, 0.15) is 6.67 Å². The summed E-state index contributed by atoms with van der Waals surface area (Å²) in [5.74, 6) is 2.09. The molecule has 2 aromatic carbocycles. The Morgan fingerprint density at radius 3 is 2.38 bits per heavy atom. The normalized spacial score (nSPS) is 15.6. The summed E-state index contributed by atoms with van der Waals surface area (Å²) in [6.45, 7) is 18.6. The fourth-order valence-corrected chi connectivity index (χ4v) is 3.80. The molecule has 0 radical (unpaired) electrons. The molecule has 0 atom stereocenters. The van der Waals surface area contributed by atoms with Crippen molar-refractivity contribution in [2.24, 2.45) is 4.99 Å². The summed E-state index contributed by atoms with van der Waals surface area (Å²) in [4.78, 5) is 9.41. The van der Waals surface area contributed by atoms with Crippen molar-refractivity contribution in [3.63, 3.8) is 0 Å². The van der Waals surface area contributed by atoms with E-state index >= 15 is 0 Å². The average molecular weight is 389 g/mol. The number of rotatable bonds is 2. The van der Waals surface area contributed by atoms with E-state index in [0.29, 0.717) is 0 Å². The summed E-state index contributed by atoms with van der Waals surface area (Å²) in [7, 11) is 0. The van der Waals surface area contributed by atoms with Crippen molar-refractivity contribution in [1.29, 1.82) is 0 Å². The first-order chi connectivity index (χ1) is 13.8. The lowest BCUT2D eigenvalue weighted by atomic mass is 9.85. The van der Waals surface area contributed by atoms with Crippen LogP contribution in [0.5, 0.6) is 0 Å². The Labute approximate surface area is 175 Å². The highest BCUT2D eigenvalue weighted by atomic mass is 15.5. The minimum absolute atomic E-state index is 0.0679. The number of hydrogen-bond donors (Lipinski definition) is 1. The zero-order valence-corrected chi connectivity index (χ0v) is 18.3. The molecule has 4 rings (SSSR count). The van der Waals surface area contributed by atoms with Crippen molar-refractivity contribution < 1.29 is 0 Å². The van der Waals surface area contributed by atoms with E-state index in [1.54, 1.807) is 0 Å². The van der Waals surface area contributed by atoms with Crippen LogP contribution in [0.15, 0.2) is 72.3 Å². The molecule has 0 fully saturated rings. The van der Waals surface area contributed by atoms with Crippen LogP contribution < -0.4 is 15.1 Å². The van der Waals surface area contributed by atoms with Gasteiger partial charge < -0.3 is 15.1 Å². The van der Waals surface area contributed by atoms with Crippen LogP contribution in [0.25, 0.3) is 0 Å². The Balaban J connectivity index is 0.00000117. The van der Waals surface area contributed by atoms with Gasteiger partial charge in [0, 0.05) is 17.6 Å². The van der Waals surface area contributed by atoms with Crippen LogP contribution in [0.3, 0.4) is 0 Å². The van der Waals surface area contributed by atoms with Gasteiger partial charge in [-0.1, -0.05) is 45.0 Å². The summed E-state index contributed by atoms with van der Waals surface area (Å²) >= 11 is 0. The third-order valence-electron chi connectivity index (χ3n) is 5.16. The van der Waals surface area contributed by atoms with Crippen molar-refractivity contribution in [2.45, 2.75) is 40.0 Å². The van der Waals surface area contributed by atoms with Gasteiger partial charge in [0.05, 0.1) is 6.54 Å². The molecule has 0 aliphatic carbocycles. The lowest BCUT2D eigenvalue weighted by molar-refractivity contribution is 0.588. The third-order valence-corrected chi connectivity index (χ3v) is 5.16. The maximum Gasteiger partial charge on any atom is 0.175 e. The minimum atomic E-state index is 0.0679. The number of nitrogens with zero attached hydrogens (tertiary/aromatic N) is 3. The Morgan fingerprint density at radius 1 is 0.966 bits per heavy atom. The van der Waals surface area contributed by atoms with Crippen molar-refractivity contribution in [3.05, 3.63) is 84.0 Å². The largest absolute Gasteiger partial charge is 0.363 e. The zero-order valence-electron chi connectivity index (χ0n) is 18.3. The van der Waals surface area contributed by atoms with E-state index in [9.17, 15) is 0 Å². The molecule has 4 nitrogen and oxygen atoms in total. The van der Waals surface area contributed by atoms with E-state index < -0.39 is 0 Å². The first-order valence-corrected chi connectivity index (χ1v) is 10.1. The van der Waals surface area contributed by atoms with E-state index in [2.05, 4.69) is 105 Å². The zero-order chi connectivity index (χ0) is 21.2. The molecule has 2 aliphatic rings. The molecule has 0 bridgehead atoms. The number of aliphatic imine (C=N–C) groups is 1. The lowest BCUT2D eigenvalue weighted by Crippen LogP contribution is -2.34. The van der Waals surface area contributed by atoms with Crippen molar-refractivity contribution >= 4 is 17.6 Å². The lowest BCUT2D eigenvalue weighted by Gasteiger charge is -2.31. The predicted octanol–water partition coefficient (Wildman–Crippen LogP) is 5.49. The quantitative estimate of drug-likeness (QED) is 0.690. The van der Waals surface area contributed by atoms with Gasteiger partial charge in [0.25, 0.3) is 0 Å². The molecule has 152 valence electrons. The van der Waals surface area contributed by atoms with Crippen LogP contribution in [0.4, 0.5) is 11.4 Å². The van der Waals surface area contributed by atoms with Gasteiger partial charge in [-0.2, -0.15) is 0 Å². The number of hydrogen-bond acceptors (Lipinski definition) is 4. The van der Waals surface area contributed by atoms with Gasteiger partial charge in [-0.3, -0.25) is 0 Å². The van der Waals surface area contributed by atoms with E-state index in [4.69, 9.17) is 4.99 Å². The number of aryl methyl sites for hydroxylation is 2. The Kier molecular flexibility index (Phi) is 5.83. The summed E-state index contributed by atoms with van der Waals surface area (Å²) in [6, 6.07) is 15.4. The molecule has 29 heavy (non-hydrogen) atoms. The molecule has 4 heteroatoms. The van der Waals surface area contributed by atoms with E-state index in [0.717, 1.165) is 24.9 Å². The van der Waals surface area contributed by atoms with Crippen LogP contribution >= 0.6 is 0 Å². The highest BCUT2D eigenvalue weighted by molar-refractivity contribution is 5.73. The first-order valence-electron chi connectivity index (χ1n) is 10.1. The van der Waals surface area contributed by atoms with Gasteiger partial charge in [0.15, 0.2) is 11.6 Å². The predicted molar refractivity (Wildman–Crippen MR) is 126 cm³/mol. The molecule has 0 amide bonds. The molecule has 1 N–H and O–H groups in total. The molecule has 0 spiro atoms. The maximum absolute atomic E-state index is 4.75. The van der Waals surface area contributed by atoms with Crippen molar-refractivity contribution in [1.82, 2.24) is 5.32 Å². The van der Waals surface area contributed by atoms with E-state index in [-0.39, 0.29) is 5.41 Å². The molecule has 2 aromatic rings. The standard InChI is InChI=1S/C23H28N4.C2H4/c1-16-7-6-8-18(13-16)26-15-27(22-21(26)24-11-12-25-22)20-14-17(2)9-10-19(20)23(3,4)5;1-2/h6-11,13-14,25H,12,15H2,1-5H3;1-2H2. The summed E-state index contributed by atoms with van der Waals surface area (Å²) in [5.41, 5.74) is 6.38. The van der Waals surface area contributed by atoms with E-state index in [1.807, 2.05) is 6.21 Å². The van der Waals surface area contributed by atoms with E-state index in [1.165, 1.54) is 28.1 Å². The van der Waals surface area contributed by atoms with Crippen molar-refractivity contribution in [3.8, 4) is 0 Å². The molecule has 0 saturated carbocycles. The maximum atomic E-state index is 4.75. The van der Waals surface area contributed by atoms with Crippen LogP contribution in [-0.2, 0) is 5.41 Å². The fraction of sp³-hybridized carbons (Fsp3) is 0.320. The Bertz CT molecular complexity index is 950. The molecule has 2 heterocycles. The minimum Gasteiger partial charge on any atom is -0.363 e. The number of benzene rings is 2. The number of nitrogens with one attached hydrogen (secondary N) is 1. The molecule has 0 aromatic heterocycles. The monoisotopic (exact) mass is 388 g/mol. The Hall–Kier alpha value is -3.01. The first kappa shape index (κ1) is 20.7. The second-order valence-corrected chi connectivity index (χ2v) is 8.47. The second kappa shape index (κ2) is 8.16. The molecule has 0 saturated heterocycles. The highest BCUT2D eigenvalue weighted by Gasteiger charge is 2.34.